The Labute approximate surface area is 131 Å². The summed E-state index contributed by atoms with van der Waals surface area (Å²) >= 11 is 1.79. The number of nitrogens with one attached hydrogen (secondary N) is 1. The Morgan fingerprint density at radius 2 is 1.95 bits per heavy atom. The molecule has 1 aliphatic rings. The molecule has 0 aromatic heterocycles. The van der Waals surface area contributed by atoms with Gasteiger partial charge in [0.2, 0.25) is 0 Å². The molecule has 0 aromatic rings. The van der Waals surface area contributed by atoms with E-state index in [1.807, 2.05) is 7.05 Å². The van der Waals surface area contributed by atoms with Gasteiger partial charge >= 0.3 is 12.0 Å². The van der Waals surface area contributed by atoms with Crippen LogP contribution < -0.4 is 5.32 Å². The molecule has 1 rings (SSSR count). The number of carboxylic acid groups (broad SMARTS) is 1. The Kier molecular flexibility index (Phi) is 7.93. The number of aliphatic carboxylic acids is 1. The lowest BCUT2D eigenvalue weighted by molar-refractivity contribution is -0.143. The summed E-state index contributed by atoms with van der Waals surface area (Å²) in [5.74, 6) is 0.600. The van der Waals surface area contributed by atoms with Crippen LogP contribution >= 0.6 is 11.8 Å². The first-order chi connectivity index (χ1) is 9.95. The summed E-state index contributed by atoms with van der Waals surface area (Å²) < 4.78 is 0. The van der Waals surface area contributed by atoms with Crippen LogP contribution in [0.1, 0.15) is 39.0 Å². The molecule has 2 amide bonds. The van der Waals surface area contributed by atoms with Crippen LogP contribution in [0, 0.1) is 11.8 Å². The number of carboxylic acids is 1. The summed E-state index contributed by atoms with van der Waals surface area (Å²) in [4.78, 5) is 24.7. The fourth-order valence-electron chi connectivity index (χ4n) is 2.65. The number of urea groups is 1. The second kappa shape index (κ2) is 9.18. The van der Waals surface area contributed by atoms with Crippen molar-refractivity contribution in [2.75, 3.05) is 25.6 Å². The van der Waals surface area contributed by atoms with E-state index in [1.165, 1.54) is 0 Å². The summed E-state index contributed by atoms with van der Waals surface area (Å²) in [6.07, 6.45) is 6.31. The normalized spacial score (nSPS) is 23.4. The molecular weight excluding hydrogens is 288 g/mol. The van der Waals surface area contributed by atoms with E-state index < -0.39 is 5.97 Å². The minimum Gasteiger partial charge on any atom is -0.481 e. The zero-order chi connectivity index (χ0) is 15.8. The van der Waals surface area contributed by atoms with Gasteiger partial charge in [0.25, 0.3) is 0 Å². The van der Waals surface area contributed by atoms with Crippen LogP contribution in [0.15, 0.2) is 0 Å². The van der Waals surface area contributed by atoms with Gasteiger partial charge in [-0.1, -0.05) is 0 Å². The number of carbonyl (C=O) groups excluding carboxylic acids is 1. The minimum absolute atomic E-state index is 0.0241. The fourth-order valence-corrected chi connectivity index (χ4v) is 3.23. The third kappa shape index (κ3) is 6.16. The highest BCUT2D eigenvalue weighted by molar-refractivity contribution is 7.98. The molecule has 1 aliphatic carbocycles. The van der Waals surface area contributed by atoms with Crippen LogP contribution in [0.5, 0.6) is 0 Å². The van der Waals surface area contributed by atoms with Crippen molar-refractivity contribution < 1.29 is 14.7 Å². The van der Waals surface area contributed by atoms with E-state index in [9.17, 15) is 9.59 Å². The molecule has 5 nitrogen and oxygen atoms in total. The molecule has 0 bridgehead atoms. The van der Waals surface area contributed by atoms with Gasteiger partial charge in [-0.2, -0.15) is 11.8 Å². The predicted molar refractivity (Wildman–Crippen MR) is 86.7 cm³/mol. The Morgan fingerprint density at radius 3 is 2.48 bits per heavy atom. The van der Waals surface area contributed by atoms with Crippen LogP contribution in [-0.2, 0) is 4.79 Å². The van der Waals surface area contributed by atoms with Crippen molar-refractivity contribution in [1.29, 1.82) is 0 Å². The van der Waals surface area contributed by atoms with Gasteiger partial charge in [0.15, 0.2) is 0 Å². The Balaban J connectivity index is 2.25. The van der Waals surface area contributed by atoms with E-state index in [0.717, 1.165) is 37.9 Å². The zero-order valence-corrected chi connectivity index (χ0v) is 14.1. The molecule has 0 heterocycles. The number of thioether (sulfide) groups is 1. The number of hydrogen-bond acceptors (Lipinski definition) is 3. The molecule has 1 saturated carbocycles. The first-order valence-corrected chi connectivity index (χ1v) is 9.07. The Morgan fingerprint density at radius 1 is 1.33 bits per heavy atom. The highest BCUT2D eigenvalue weighted by atomic mass is 32.2. The molecule has 122 valence electrons. The molecule has 0 aromatic carbocycles. The average molecular weight is 316 g/mol. The molecule has 1 fully saturated rings. The number of amides is 2. The predicted octanol–water partition coefficient (Wildman–Crippen LogP) is 2.66. The summed E-state index contributed by atoms with van der Waals surface area (Å²) in [7, 11) is 1.83. The van der Waals surface area contributed by atoms with E-state index in [-0.39, 0.29) is 18.0 Å². The number of hydrogen-bond donors (Lipinski definition) is 2. The lowest BCUT2D eigenvalue weighted by atomic mass is 9.82. The summed E-state index contributed by atoms with van der Waals surface area (Å²) in [5, 5.41) is 12.0. The molecule has 1 atom stereocenters. The van der Waals surface area contributed by atoms with Crippen molar-refractivity contribution in [3.63, 3.8) is 0 Å². The van der Waals surface area contributed by atoms with Crippen LogP contribution in [0.25, 0.3) is 0 Å². The van der Waals surface area contributed by atoms with E-state index in [1.54, 1.807) is 16.7 Å². The van der Waals surface area contributed by atoms with Crippen LogP contribution in [0.4, 0.5) is 4.79 Å². The molecule has 6 heteroatoms. The zero-order valence-electron chi connectivity index (χ0n) is 13.3. The topological polar surface area (TPSA) is 69.6 Å². The summed E-state index contributed by atoms with van der Waals surface area (Å²) in [6.45, 7) is 2.72. The van der Waals surface area contributed by atoms with Gasteiger partial charge in [-0.05, 0) is 57.0 Å². The van der Waals surface area contributed by atoms with Gasteiger partial charge in [-0.25, -0.2) is 4.79 Å². The molecular formula is C15H28N2O3S. The van der Waals surface area contributed by atoms with Gasteiger partial charge in [-0.15, -0.1) is 0 Å². The van der Waals surface area contributed by atoms with E-state index in [4.69, 9.17) is 5.11 Å². The van der Waals surface area contributed by atoms with E-state index in [2.05, 4.69) is 18.5 Å². The van der Waals surface area contributed by atoms with Gasteiger partial charge in [-0.3, -0.25) is 4.79 Å². The summed E-state index contributed by atoms with van der Waals surface area (Å²) in [5.41, 5.74) is 0. The standard InChI is InChI=1S/C15H28N2O3S/c1-11(8-9-21-3)17(2)15(20)16-10-12-4-6-13(7-5-12)14(18)19/h11-13H,4-10H2,1-3H3,(H,16,20)(H,18,19). The maximum atomic E-state index is 12.1. The van der Waals surface area contributed by atoms with Crippen molar-refractivity contribution in [2.45, 2.75) is 45.1 Å². The Hall–Kier alpha value is -0.910. The molecule has 0 radical (unpaired) electrons. The first-order valence-electron chi connectivity index (χ1n) is 7.68. The third-order valence-corrected chi connectivity index (χ3v) is 5.10. The van der Waals surface area contributed by atoms with E-state index >= 15 is 0 Å². The highest BCUT2D eigenvalue weighted by Crippen LogP contribution is 2.28. The molecule has 0 saturated heterocycles. The summed E-state index contributed by atoms with van der Waals surface area (Å²) in [6, 6.07) is 0.212. The van der Waals surface area contributed by atoms with Crippen molar-refractivity contribution >= 4 is 23.8 Å². The van der Waals surface area contributed by atoms with E-state index in [0.29, 0.717) is 12.5 Å². The molecule has 0 spiro atoms. The maximum Gasteiger partial charge on any atom is 0.317 e. The Bertz CT molecular complexity index is 344. The van der Waals surface area contributed by atoms with Crippen LogP contribution in [0.2, 0.25) is 0 Å². The lowest BCUT2D eigenvalue weighted by Gasteiger charge is -2.29. The van der Waals surface area contributed by atoms with Crippen molar-refractivity contribution in [3.8, 4) is 0 Å². The smallest absolute Gasteiger partial charge is 0.317 e. The molecule has 21 heavy (non-hydrogen) atoms. The SMILES string of the molecule is CSCCC(C)N(C)C(=O)NCC1CCC(C(=O)O)CC1. The highest BCUT2D eigenvalue weighted by Gasteiger charge is 2.26. The second-order valence-electron chi connectivity index (χ2n) is 5.98. The fraction of sp³-hybridized carbons (Fsp3) is 0.867. The monoisotopic (exact) mass is 316 g/mol. The maximum absolute atomic E-state index is 12.1. The van der Waals surface area contributed by atoms with Gasteiger partial charge in [0, 0.05) is 19.6 Å². The molecule has 1 unspecified atom stereocenters. The second-order valence-corrected chi connectivity index (χ2v) is 6.97. The van der Waals surface area contributed by atoms with Crippen LogP contribution in [-0.4, -0.2) is 53.6 Å². The molecule has 2 N–H and O–H groups in total. The lowest BCUT2D eigenvalue weighted by Crippen LogP contribution is -2.44. The van der Waals surface area contributed by atoms with Crippen molar-refractivity contribution in [2.24, 2.45) is 11.8 Å². The number of carbonyl (C=O) groups is 2. The number of nitrogens with zero attached hydrogens (tertiary/aromatic N) is 1. The van der Waals surface area contributed by atoms with Gasteiger partial charge in [0.05, 0.1) is 5.92 Å². The number of rotatable bonds is 7. The van der Waals surface area contributed by atoms with Gasteiger partial charge in [0.1, 0.15) is 0 Å². The largest absolute Gasteiger partial charge is 0.481 e. The van der Waals surface area contributed by atoms with Crippen LogP contribution in [0.3, 0.4) is 0 Å². The van der Waals surface area contributed by atoms with Crippen molar-refractivity contribution in [1.82, 2.24) is 10.2 Å². The minimum atomic E-state index is -0.681. The first kappa shape index (κ1) is 18.1. The third-order valence-electron chi connectivity index (χ3n) is 4.46. The van der Waals surface area contributed by atoms with Gasteiger partial charge < -0.3 is 15.3 Å². The average Bonchev–Trinajstić information content (AvgIpc) is 2.49. The van der Waals surface area contributed by atoms with Crippen molar-refractivity contribution in [3.05, 3.63) is 0 Å². The quantitative estimate of drug-likeness (QED) is 0.757. The molecule has 0 aliphatic heterocycles.